The van der Waals surface area contributed by atoms with Crippen molar-refractivity contribution < 1.29 is 4.39 Å². The molecule has 1 heterocycles. The number of hydrogen-bond donors (Lipinski definition) is 0. The summed E-state index contributed by atoms with van der Waals surface area (Å²) in [5.74, 6) is 0.203. The molecule has 0 fully saturated rings. The van der Waals surface area contributed by atoms with E-state index >= 15 is 0 Å². The van der Waals surface area contributed by atoms with Gasteiger partial charge in [-0.25, -0.2) is 4.39 Å². The molecule has 0 amide bonds. The van der Waals surface area contributed by atoms with E-state index in [1.807, 2.05) is 13.0 Å². The van der Waals surface area contributed by atoms with Gasteiger partial charge in [0.15, 0.2) is 4.34 Å². The first-order valence-corrected chi connectivity index (χ1v) is 6.60. The highest BCUT2D eigenvalue weighted by Crippen LogP contribution is 2.26. The Morgan fingerprint density at radius 3 is 2.88 bits per heavy atom. The van der Waals surface area contributed by atoms with Crippen molar-refractivity contribution in [3.05, 3.63) is 40.2 Å². The molecule has 0 aliphatic carbocycles. The third kappa shape index (κ3) is 3.25. The minimum atomic E-state index is -0.381. The molecule has 0 aliphatic heterocycles. The number of thioether (sulfide) groups is 1. The van der Waals surface area contributed by atoms with Gasteiger partial charge in [-0.1, -0.05) is 23.1 Å². The summed E-state index contributed by atoms with van der Waals surface area (Å²) < 4.78 is 14.0. The highest BCUT2D eigenvalue weighted by Gasteiger charge is 2.04. The lowest BCUT2D eigenvalue weighted by Gasteiger charge is -2.00. The van der Waals surface area contributed by atoms with Crippen molar-refractivity contribution in [2.75, 3.05) is 0 Å². The number of benzene rings is 1. The summed E-state index contributed by atoms with van der Waals surface area (Å²) in [6.07, 6.45) is 0. The van der Waals surface area contributed by atoms with Crippen LogP contribution in [0.4, 0.5) is 4.39 Å². The van der Waals surface area contributed by atoms with Crippen molar-refractivity contribution in [2.24, 2.45) is 0 Å². The number of aryl methyl sites for hydroxylation is 1. The standard InChI is InChI=1S/C11H8FN3S2/c1-7-14-15-11(17-7)16-6-9-2-8(5-13)3-10(12)4-9/h2-4H,6H2,1H3. The van der Waals surface area contributed by atoms with E-state index in [2.05, 4.69) is 10.2 Å². The Hall–Kier alpha value is -1.45. The second-order valence-corrected chi connectivity index (χ2v) is 5.74. The van der Waals surface area contributed by atoms with Gasteiger partial charge in [0.2, 0.25) is 0 Å². The first-order chi connectivity index (χ1) is 8.17. The molecule has 0 unspecified atom stereocenters. The summed E-state index contributed by atoms with van der Waals surface area (Å²) in [6.45, 7) is 1.89. The predicted molar refractivity (Wildman–Crippen MR) is 65.3 cm³/mol. The van der Waals surface area contributed by atoms with E-state index in [1.165, 1.54) is 35.2 Å². The number of rotatable bonds is 3. The van der Waals surface area contributed by atoms with Crippen molar-refractivity contribution in [1.29, 1.82) is 5.26 Å². The lowest BCUT2D eigenvalue weighted by Crippen LogP contribution is -1.86. The van der Waals surface area contributed by atoms with Gasteiger partial charge in [-0.05, 0) is 30.7 Å². The van der Waals surface area contributed by atoms with Gasteiger partial charge >= 0.3 is 0 Å². The molecule has 0 aliphatic rings. The second-order valence-electron chi connectivity index (χ2n) is 3.34. The van der Waals surface area contributed by atoms with Crippen molar-refractivity contribution in [2.45, 2.75) is 17.0 Å². The molecular formula is C11H8FN3S2. The summed E-state index contributed by atoms with van der Waals surface area (Å²) in [5, 5.41) is 17.5. The van der Waals surface area contributed by atoms with Crippen LogP contribution in [0.5, 0.6) is 0 Å². The van der Waals surface area contributed by atoms with Crippen molar-refractivity contribution in [1.82, 2.24) is 10.2 Å². The first kappa shape index (κ1) is 12.0. The van der Waals surface area contributed by atoms with Crippen LogP contribution in [0.15, 0.2) is 22.5 Å². The largest absolute Gasteiger partial charge is 0.207 e. The van der Waals surface area contributed by atoms with Crippen LogP contribution in [0.1, 0.15) is 16.1 Å². The molecule has 17 heavy (non-hydrogen) atoms. The number of nitriles is 1. The molecule has 0 saturated heterocycles. The Labute approximate surface area is 106 Å². The molecule has 2 aromatic rings. The average Bonchev–Trinajstić information content (AvgIpc) is 2.72. The molecule has 0 atom stereocenters. The summed E-state index contributed by atoms with van der Waals surface area (Å²) >= 11 is 2.99. The molecule has 6 heteroatoms. The van der Waals surface area contributed by atoms with E-state index in [9.17, 15) is 4.39 Å². The maximum Gasteiger partial charge on any atom is 0.174 e. The van der Waals surface area contributed by atoms with Crippen molar-refractivity contribution in [3.63, 3.8) is 0 Å². The van der Waals surface area contributed by atoms with E-state index in [0.29, 0.717) is 11.3 Å². The van der Waals surface area contributed by atoms with Gasteiger partial charge in [-0.15, -0.1) is 10.2 Å². The third-order valence-electron chi connectivity index (χ3n) is 1.96. The van der Waals surface area contributed by atoms with Gasteiger partial charge in [-0.3, -0.25) is 0 Å². The van der Waals surface area contributed by atoms with Gasteiger partial charge in [0.25, 0.3) is 0 Å². The average molecular weight is 265 g/mol. The molecule has 3 nitrogen and oxygen atoms in total. The number of nitrogens with zero attached hydrogens (tertiary/aromatic N) is 3. The molecule has 0 saturated carbocycles. The van der Waals surface area contributed by atoms with E-state index < -0.39 is 0 Å². The fourth-order valence-electron chi connectivity index (χ4n) is 1.28. The molecule has 1 aromatic carbocycles. The predicted octanol–water partition coefficient (Wildman–Crippen LogP) is 3.15. The Kier molecular flexibility index (Phi) is 3.71. The minimum absolute atomic E-state index is 0.342. The summed E-state index contributed by atoms with van der Waals surface area (Å²) in [4.78, 5) is 0. The Morgan fingerprint density at radius 1 is 1.41 bits per heavy atom. The molecule has 86 valence electrons. The van der Waals surface area contributed by atoms with Gasteiger partial charge in [0, 0.05) is 5.75 Å². The van der Waals surface area contributed by atoms with Gasteiger partial charge in [0.1, 0.15) is 10.8 Å². The lowest BCUT2D eigenvalue weighted by atomic mass is 10.1. The van der Waals surface area contributed by atoms with Gasteiger partial charge in [-0.2, -0.15) is 5.26 Å². The van der Waals surface area contributed by atoms with Crippen LogP contribution in [-0.4, -0.2) is 10.2 Å². The summed E-state index contributed by atoms with van der Waals surface area (Å²) in [5.41, 5.74) is 1.12. The Bertz CT molecular complexity index is 574. The SMILES string of the molecule is Cc1nnc(SCc2cc(F)cc(C#N)c2)s1. The molecule has 0 radical (unpaired) electrons. The molecule has 0 N–H and O–H groups in total. The molecular weight excluding hydrogens is 257 g/mol. The number of hydrogen-bond acceptors (Lipinski definition) is 5. The normalized spacial score (nSPS) is 10.2. The van der Waals surface area contributed by atoms with Gasteiger partial charge in [0.05, 0.1) is 11.6 Å². The maximum absolute atomic E-state index is 13.2. The van der Waals surface area contributed by atoms with Crippen molar-refractivity contribution in [3.8, 4) is 6.07 Å². The van der Waals surface area contributed by atoms with E-state index in [-0.39, 0.29) is 5.82 Å². The minimum Gasteiger partial charge on any atom is -0.207 e. The molecule has 0 bridgehead atoms. The second kappa shape index (κ2) is 5.25. The lowest BCUT2D eigenvalue weighted by molar-refractivity contribution is 0.626. The zero-order valence-corrected chi connectivity index (χ0v) is 10.6. The monoisotopic (exact) mass is 265 g/mol. The van der Waals surface area contributed by atoms with E-state index in [0.717, 1.165) is 14.9 Å². The number of aromatic nitrogens is 2. The zero-order chi connectivity index (χ0) is 12.3. The first-order valence-electron chi connectivity index (χ1n) is 4.80. The van der Waals surface area contributed by atoms with Crippen LogP contribution in [-0.2, 0) is 5.75 Å². The third-order valence-corrected chi connectivity index (χ3v) is 4.00. The zero-order valence-electron chi connectivity index (χ0n) is 8.98. The summed E-state index contributed by atoms with van der Waals surface area (Å²) in [7, 11) is 0. The van der Waals surface area contributed by atoms with Crippen LogP contribution < -0.4 is 0 Å². The van der Waals surface area contributed by atoms with Gasteiger partial charge < -0.3 is 0 Å². The summed E-state index contributed by atoms with van der Waals surface area (Å²) in [6, 6.07) is 6.28. The Balaban J connectivity index is 2.09. The van der Waals surface area contributed by atoms with E-state index in [1.54, 1.807) is 6.07 Å². The van der Waals surface area contributed by atoms with Crippen LogP contribution in [0.3, 0.4) is 0 Å². The molecule has 0 spiro atoms. The molecule has 2 rings (SSSR count). The van der Waals surface area contributed by atoms with Crippen LogP contribution in [0.2, 0.25) is 0 Å². The number of halogens is 1. The maximum atomic E-state index is 13.2. The van der Waals surface area contributed by atoms with Crippen LogP contribution in [0, 0.1) is 24.1 Å². The fourth-order valence-corrected chi connectivity index (χ4v) is 3.03. The smallest absolute Gasteiger partial charge is 0.174 e. The van der Waals surface area contributed by atoms with E-state index in [4.69, 9.17) is 5.26 Å². The molecule has 1 aromatic heterocycles. The fraction of sp³-hybridized carbons (Fsp3) is 0.182. The quantitative estimate of drug-likeness (QED) is 0.800. The van der Waals surface area contributed by atoms with Crippen molar-refractivity contribution >= 4 is 23.1 Å². The highest BCUT2D eigenvalue weighted by atomic mass is 32.2. The topological polar surface area (TPSA) is 49.6 Å². The van der Waals surface area contributed by atoms with Crippen LogP contribution in [0.25, 0.3) is 0 Å². The Morgan fingerprint density at radius 2 is 2.24 bits per heavy atom. The van der Waals surface area contributed by atoms with Crippen LogP contribution >= 0.6 is 23.1 Å². The highest BCUT2D eigenvalue weighted by molar-refractivity contribution is 8.00.